The zero-order chi connectivity index (χ0) is 12.3. The summed E-state index contributed by atoms with van der Waals surface area (Å²) in [7, 11) is 0. The van der Waals surface area contributed by atoms with E-state index in [4.69, 9.17) is 5.73 Å². The fourth-order valence-electron chi connectivity index (χ4n) is 1.41. The molecule has 0 aliphatic heterocycles. The molecule has 0 spiro atoms. The molecule has 0 aliphatic rings. The van der Waals surface area contributed by atoms with Gasteiger partial charge in [0.05, 0.1) is 4.92 Å². The van der Waals surface area contributed by atoms with E-state index >= 15 is 0 Å². The largest absolute Gasteiger partial charge is 0.328 e. The second kappa shape index (κ2) is 5.41. The lowest BCUT2D eigenvalue weighted by Gasteiger charge is -2.15. The number of nitrogens with two attached hydrogens (primary N) is 1. The van der Waals surface area contributed by atoms with Crippen LogP contribution < -0.4 is 5.73 Å². The van der Waals surface area contributed by atoms with Crippen LogP contribution in [0.3, 0.4) is 0 Å². The van der Waals surface area contributed by atoms with Crippen LogP contribution in [0.5, 0.6) is 0 Å². The highest BCUT2D eigenvalue weighted by Crippen LogP contribution is 2.26. The van der Waals surface area contributed by atoms with E-state index in [9.17, 15) is 10.1 Å². The van der Waals surface area contributed by atoms with E-state index < -0.39 is 0 Å². The first kappa shape index (κ1) is 13.1. The molecule has 4 nitrogen and oxygen atoms in total. The molecule has 5 heteroatoms. The van der Waals surface area contributed by atoms with Crippen LogP contribution in [0.1, 0.15) is 19.4 Å². The normalized spacial score (nSPS) is 14.5. The summed E-state index contributed by atoms with van der Waals surface area (Å²) in [6, 6.07) is 5.16. The Morgan fingerprint density at radius 2 is 2.12 bits per heavy atom. The molecule has 2 unspecified atom stereocenters. The van der Waals surface area contributed by atoms with E-state index in [0.29, 0.717) is 6.42 Å². The molecule has 0 radical (unpaired) electrons. The van der Waals surface area contributed by atoms with Crippen molar-refractivity contribution in [3.63, 3.8) is 0 Å². The van der Waals surface area contributed by atoms with Crippen LogP contribution in [0.4, 0.5) is 5.69 Å². The SMILES string of the molecule is CC(N)C(C)Cc1ccc(Br)cc1[N+](=O)[O-]. The number of benzene rings is 1. The number of hydrogen-bond acceptors (Lipinski definition) is 3. The Morgan fingerprint density at radius 1 is 1.50 bits per heavy atom. The van der Waals surface area contributed by atoms with Crippen molar-refractivity contribution in [2.24, 2.45) is 11.7 Å². The molecular formula is C11H15BrN2O2. The van der Waals surface area contributed by atoms with Crippen molar-refractivity contribution < 1.29 is 4.92 Å². The second-order valence-corrected chi connectivity index (χ2v) is 4.99. The maximum Gasteiger partial charge on any atom is 0.273 e. The Kier molecular flexibility index (Phi) is 4.44. The van der Waals surface area contributed by atoms with Gasteiger partial charge < -0.3 is 5.73 Å². The third-order valence-electron chi connectivity index (χ3n) is 2.68. The lowest BCUT2D eigenvalue weighted by Crippen LogP contribution is -2.25. The van der Waals surface area contributed by atoms with Gasteiger partial charge in [-0.25, -0.2) is 0 Å². The zero-order valence-corrected chi connectivity index (χ0v) is 10.9. The number of nitrogens with zero attached hydrogens (tertiary/aromatic N) is 1. The summed E-state index contributed by atoms with van der Waals surface area (Å²) in [5.41, 5.74) is 6.65. The van der Waals surface area contributed by atoms with E-state index in [1.165, 1.54) is 6.07 Å². The van der Waals surface area contributed by atoms with Gasteiger partial charge in [-0.1, -0.05) is 28.9 Å². The summed E-state index contributed by atoms with van der Waals surface area (Å²) in [6.07, 6.45) is 0.626. The minimum absolute atomic E-state index is 0.0308. The van der Waals surface area contributed by atoms with Gasteiger partial charge in [0.1, 0.15) is 0 Å². The molecule has 16 heavy (non-hydrogen) atoms. The predicted octanol–water partition coefficient (Wildman–Crippen LogP) is 2.88. The molecule has 0 fully saturated rings. The fraction of sp³-hybridized carbons (Fsp3) is 0.455. The number of halogens is 1. The van der Waals surface area contributed by atoms with Gasteiger partial charge in [0.15, 0.2) is 0 Å². The van der Waals surface area contributed by atoms with Crippen LogP contribution in [0.2, 0.25) is 0 Å². The molecule has 0 aromatic heterocycles. The molecule has 0 saturated carbocycles. The van der Waals surface area contributed by atoms with Crippen molar-refractivity contribution >= 4 is 21.6 Å². The average molecular weight is 287 g/mol. The first-order valence-electron chi connectivity index (χ1n) is 5.10. The molecule has 0 amide bonds. The van der Waals surface area contributed by atoms with Crippen molar-refractivity contribution in [1.29, 1.82) is 0 Å². The minimum Gasteiger partial charge on any atom is -0.328 e. The molecule has 0 bridgehead atoms. The van der Waals surface area contributed by atoms with E-state index in [-0.39, 0.29) is 22.6 Å². The summed E-state index contributed by atoms with van der Waals surface area (Å²) in [5.74, 6) is 0.222. The summed E-state index contributed by atoms with van der Waals surface area (Å²) in [4.78, 5) is 10.5. The van der Waals surface area contributed by atoms with Gasteiger partial charge in [0, 0.05) is 22.1 Å². The molecule has 1 aromatic carbocycles. The van der Waals surface area contributed by atoms with Crippen LogP contribution in [0.25, 0.3) is 0 Å². The highest BCUT2D eigenvalue weighted by molar-refractivity contribution is 9.10. The molecule has 2 N–H and O–H groups in total. The average Bonchev–Trinajstić information content (AvgIpc) is 2.20. The third-order valence-corrected chi connectivity index (χ3v) is 3.18. The third kappa shape index (κ3) is 3.28. The highest BCUT2D eigenvalue weighted by Gasteiger charge is 2.17. The minimum atomic E-state index is -0.353. The van der Waals surface area contributed by atoms with Gasteiger partial charge in [0.2, 0.25) is 0 Å². The second-order valence-electron chi connectivity index (χ2n) is 4.07. The van der Waals surface area contributed by atoms with Crippen LogP contribution in [-0.4, -0.2) is 11.0 Å². The van der Waals surface area contributed by atoms with E-state index in [2.05, 4.69) is 15.9 Å². The van der Waals surface area contributed by atoms with Gasteiger partial charge in [-0.3, -0.25) is 10.1 Å². The van der Waals surface area contributed by atoms with Crippen molar-refractivity contribution in [2.75, 3.05) is 0 Å². The molecular weight excluding hydrogens is 272 g/mol. The van der Waals surface area contributed by atoms with Crippen LogP contribution in [-0.2, 0) is 6.42 Å². The maximum atomic E-state index is 10.9. The van der Waals surface area contributed by atoms with Gasteiger partial charge >= 0.3 is 0 Å². The topological polar surface area (TPSA) is 69.2 Å². The van der Waals surface area contributed by atoms with E-state index in [1.807, 2.05) is 19.9 Å². The van der Waals surface area contributed by atoms with Gasteiger partial charge in [-0.2, -0.15) is 0 Å². The Balaban J connectivity index is 2.99. The molecule has 1 aromatic rings. The van der Waals surface area contributed by atoms with Crippen molar-refractivity contribution in [1.82, 2.24) is 0 Å². The van der Waals surface area contributed by atoms with E-state index in [0.717, 1.165) is 10.0 Å². The monoisotopic (exact) mass is 286 g/mol. The Labute approximate surface area is 103 Å². The number of rotatable bonds is 4. The summed E-state index contributed by atoms with van der Waals surface area (Å²) < 4.78 is 0.719. The van der Waals surface area contributed by atoms with Crippen molar-refractivity contribution in [3.8, 4) is 0 Å². The smallest absolute Gasteiger partial charge is 0.273 e. The predicted molar refractivity (Wildman–Crippen MR) is 67.3 cm³/mol. The van der Waals surface area contributed by atoms with Crippen molar-refractivity contribution in [2.45, 2.75) is 26.3 Å². The molecule has 0 aliphatic carbocycles. The molecule has 88 valence electrons. The van der Waals surface area contributed by atoms with Crippen LogP contribution in [0, 0.1) is 16.0 Å². The Bertz CT molecular complexity index is 394. The number of nitro benzene ring substituents is 1. The highest BCUT2D eigenvalue weighted by atomic mass is 79.9. The maximum absolute atomic E-state index is 10.9. The number of hydrogen-bond donors (Lipinski definition) is 1. The Hall–Kier alpha value is -0.940. The first-order chi connectivity index (χ1) is 7.41. The molecule has 2 atom stereocenters. The lowest BCUT2D eigenvalue weighted by atomic mass is 9.95. The molecule has 0 saturated heterocycles. The zero-order valence-electron chi connectivity index (χ0n) is 9.31. The van der Waals surface area contributed by atoms with Crippen LogP contribution >= 0.6 is 15.9 Å². The van der Waals surface area contributed by atoms with Gasteiger partial charge in [-0.05, 0) is 25.3 Å². The first-order valence-corrected chi connectivity index (χ1v) is 5.89. The fourth-order valence-corrected chi connectivity index (χ4v) is 1.76. The van der Waals surface area contributed by atoms with E-state index in [1.54, 1.807) is 6.07 Å². The summed E-state index contributed by atoms with van der Waals surface area (Å²) >= 11 is 3.23. The lowest BCUT2D eigenvalue weighted by molar-refractivity contribution is -0.385. The summed E-state index contributed by atoms with van der Waals surface area (Å²) in [6.45, 7) is 3.91. The quantitative estimate of drug-likeness (QED) is 0.683. The number of nitro groups is 1. The Morgan fingerprint density at radius 3 is 2.62 bits per heavy atom. The van der Waals surface area contributed by atoms with Gasteiger partial charge in [0.25, 0.3) is 5.69 Å². The van der Waals surface area contributed by atoms with Gasteiger partial charge in [-0.15, -0.1) is 0 Å². The summed E-state index contributed by atoms with van der Waals surface area (Å²) in [5, 5.41) is 10.9. The molecule has 0 heterocycles. The molecule has 1 rings (SSSR count). The van der Waals surface area contributed by atoms with Crippen molar-refractivity contribution in [3.05, 3.63) is 38.3 Å². The van der Waals surface area contributed by atoms with Crippen LogP contribution in [0.15, 0.2) is 22.7 Å². The standard InChI is InChI=1S/C11H15BrN2O2/c1-7(8(2)13)5-9-3-4-10(12)6-11(9)14(15)16/h3-4,6-8H,5,13H2,1-2H3.